The Bertz CT molecular complexity index is 414. The Morgan fingerprint density at radius 1 is 0.833 bits per heavy atom. The first-order valence-electron chi connectivity index (χ1n) is 8.18. The molecule has 136 valence electrons. The highest BCUT2D eigenvalue weighted by molar-refractivity contribution is 5.71. The van der Waals surface area contributed by atoms with Crippen molar-refractivity contribution in [3.8, 4) is 0 Å². The maximum atomic E-state index is 11.8. The van der Waals surface area contributed by atoms with Gasteiger partial charge < -0.3 is 18.9 Å². The fourth-order valence-corrected chi connectivity index (χ4v) is 2.34. The Labute approximate surface area is 143 Å². The molecule has 0 fully saturated rings. The lowest BCUT2D eigenvalue weighted by Gasteiger charge is -2.21. The molecule has 6 heteroatoms. The van der Waals surface area contributed by atoms with Crippen LogP contribution in [0.3, 0.4) is 0 Å². The third-order valence-electron chi connectivity index (χ3n) is 4.04. The minimum absolute atomic E-state index is 0.00536. The molecule has 0 N–H and O–H groups in total. The first-order valence-corrected chi connectivity index (χ1v) is 8.18. The van der Waals surface area contributed by atoms with Crippen LogP contribution in [0.15, 0.2) is 24.3 Å². The number of methoxy groups -OCH3 is 2. The summed E-state index contributed by atoms with van der Waals surface area (Å²) in [5, 5.41) is 0. The number of rotatable bonds is 2. The van der Waals surface area contributed by atoms with Gasteiger partial charge in [0.2, 0.25) is 0 Å². The van der Waals surface area contributed by atoms with Crippen LogP contribution in [-0.2, 0) is 28.5 Å². The molecule has 4 atom stereocenters. The van der Waals surface area contributed by atoms with Gasteiger partial charge in [-0.1, -0.05) is 38.2 Å². The van der Waals surface area contributed by atoms with E-state index < -0.39 is 0 Å². The summed E-state index contributed by atoms with van der Waals surface area (Å²) >= 11 is 0. The molecule has 0 radical (unpaired) electrons. The molecule has 6 nitrogen and oxygen atoms in total. The summed E-state index contributed by atoms with van der Waals surface area (Å²) in [6.07, 6.45) is 7.08. The Hall–Kier alpha value is -1.66. The number of carbonyl (C=O) groups excluding carboxylic acids is 2. The first-order chi connectivity index (χ1) is 11.5. The van der Waals surface area contributed by atoms with Crippen LogP contribution in [0.25, 0.3) is 0 Å². The van der Waals surface area contributed by atoms with E-state index in [2.05, 4.69) is 0 Å². The third-order valence-corrected chi connectivity index (χ3v) is 4.04. The molecule has 0 saturated heterocycles. The summed E-state index contributed by atoms with van der Waals surface area (Å²) < 4.78 is 21.2. The van der Waals surface area contributed by atoms with Gasteiger partial charge in [0.05, 0.1) is 25.0 Å². The molecule has 1 rings (SSSR count). The minimum atomic E-state index is -0.302. The van der Waals surface area contributed by atoms with Crippen molar-refractivity contribution in [2.75, 3.05) is 27.4 Å². The number of ether oxygens (including phenoxy) is 4. The second-order valence-corrected chi connectivity index (χ2v) is 5.90. The van der Waals surface area contributed by atoms with Crippen molar-refractivity contribution in [1.29, 1.82) is 0 Å². The molecule has 1 aliphatic rings. The van der Waals surface area contributed by atoms with E-state index >= 15 is 0 Å². The fraction of sp³-hybridized carbons (Fsp3) is 0.667. The van der Waals surface area contributed by atoms with Crippen LogP contribution in [0.5, 0.6) is 0 Å². The predicted octanol–water partition coefficient (Wildman–Crippen LogP) is 2.28. The molecule has 1 aliphatic heterocycles. The van der Waals surface area contributed by atoms with Gasteiger partial charge in [-0.2, -0.15) is 0 Å². The number of esters is 2. The van der Waals surface area contributed by atoms with Gasteiger partial charge in [0.1, 0.15) is 13.2 Å². The molecule has 0 aromatic heterocycles. The zero-order valence-electron chi connectivity index (χ0n) is 14.9. The zero-order chi connectivity index (χ0) is 17.9. The van der Waals surface area contributed by atoms with Crippen molar-refractivity contribution in [2.24, 2.45) is 11.8 Å². The molecule has 0 bridgehead atoms. The lowest BCUT2D eigenvalue weighted by molar-refractivity contribution is -0.147. The van der Waals surface area contributed by atoms with E-state index in [1.54, 1.807) is 26.4 Å². The largest absolute Gasteiger partial charge is 0.463 e. The number of cyclic esters (lactones) is 2. The van der Waals surface area contributed by atoms with E-state index in [1.807, 2.05) is 26.0 Å². The molecule has 0 aromatic rings. The summed E-state index contributed by atoms with van der Waals surface area (Å²) in [4.78, 5) is 23.6. The average molecular weight is 340 g/mol. The summed E-state index contributed by atoms with van der Waals surface area (Å²) in [5.74, 6) is -0.593. The Kier molecular flexibility index (Phi) is 9.34. The van der Waals surface area contributed by atoms with Crippen LogP contribution in [0.4, 0.5) is 0 Å². The fourth-order valence-electron chi connectivity index (χ4n) is 2.34. The normalized spacial score (nSPS) is 30.7. The molecular weight excluding hydrogens is 312 g/mol. The molecule has 1 heterocycles. The molecule has 0 spiro atoms. The number of hydrogen-bond acceptors (Lipinski definition) is 6. The number of hydrogen-bond donors (Lipinski definition) is 0. The van der Waals surface area contributed by atoms with Crippen molar-refractivity contribution in [3.05, 3.63) is 24.3 Å². The van der Waals surface area contributed by atoms with E-state index in [0.29, 0.717) is 0 Å². The third kappa shape index (κ3) is 7.27. The van der Waals surface area contributed by atoms with Gasteiger partial charge >= 0.3 is 11.9 Å². The van der Waals surface area contributed by atoms with Crippen LogP contribution in [0.2, 0.25) is 0 Å². The maximum Gasteiger partial charge on any atom is 0.309 e. The van der Waals surface area contributed by atoms with E-state index in [4.69, 9.17) is 18.9 Å². The summed E-state index contributed by atoms with van der Waals surface area (Å²) in [6.45, 7) is 4.23. The van der Waals surface area contributed by atoms with Crippen molar-refractivity contribution in [3.63, 3.8) is 0 Å². The van der Waals surface area contributed by atoms with Gasteiger partial charge in [-0.3, -0.25) is 9.59 Å². The van der Waals surface area contributed by atoms with E-state index in [-0.39, 0.29) is 62.0 Å². The molecular formula is C18H28O6. The zero-order valence-corrected chi connectivity index (χ0v) is 14.9. The van der Waals surface area contributed by atoms with Crippen LogP contribution < -0.4 is 0 Å². The lowest BCUT2D eigenvalue weighted by Crippen LogP contribution is -2.27. The second kappa shape index (κ2) is 11.0. The standard InChI is InChI=1S/C18H28O6/c1-13-7-5-9-17(19)24-12-16(22-4)14(2)8-6-10-18(20)23-11-15(13)21-3/h5-8,13-16H,9-12H2,1-4H3/t13-,14-,15-,16-/m0/s1. The van der Waals surface area contributed by atoms with Crippen molar-refractivity contribution in [1.82, 2.24) is 0 Å². The Balaban J connectivity index is 2.80. The highest BCUT2D eigenvalue weighted by Gasteiger charge is 2.19. The minimum Gasteiger partial charge on any atom is -0.463 e. The smallest absolute Gasteiger partial charge is 0.309 e. The Morgan fingerprint density at radius 2 is 1.21 bits per heavy atom. The topological polar surface area (TPSA) is 71.1 Å². The highest BCUT2D eigenvalue weighted by atomic mass is 16.6. The van der Waals surface area contributed by atoms with Gasteiger partial charge in [-0.05, 0) is 0 Å². The Morgan fingerprint density at radius 3 is 1.54 bits per heavy atom. The molecule has 0 aliphatic carbocycles. The molecule has 0 amide bonds. The van der Waals surface area contributed by atoms with Gasteiger partial charge in [0.25, 0.3) is 0 Å². The van der Waals surface area contributed by atoms with Gasteiger partial charge in [0, 0.05) is 26.1 Å². The van der Waals surface area contributed by atoms with Crippen molar-refractivity contribution in [2.45, 2.75) is 38.9 Å². The average Bonchev–Trinajstić information content (AvgIpc) is 2.55. The monoisotopic (exact) mass is 340 g/mol. The predicted molar refractivity (Wildman–Crippen MR) is 89.4 cm³/mol. The van der Waals surface area contributed by atoms with E-state index in [1.165, 1.54) is 0 Å². The molecule has 0 unspecified atom stereocenters. The summed E-state index contributed by atoms with van der Waals surface area (Å²) in [6, 6.07) is 0. The van der Waals surface area contributed by atoms with E-state index in [0.717, 1.165) is 0 Å². The molecule has 0 saturated carbocycles. The van der Waals surface area contributed by atoms with Crippen molar-refractivity contribution < 1.29 is 28.5 Å². The van der Waals surface area contributed by atoms with Crippen LogP contribution in [0, 0.1) is 11.8 Å². The van der Waals surface area contributed by atoms with Gasteiger partial charge in [-0.25, -0.2) is 0 Å². The van der Waals surface area contributed by atoms with Crippen LogP contribution >= 0.6 is 0 Å². The highest BCUT2D eigenvalue weighted by Crippen LogP contribution is 2.13. The van der Waals surface area contributed by atoms with Crippen LogP contribution in [-0.4, -0.2) is 51.6 Å². The molecule has 0 aromatic carbocycles. The van der Waals surface area contributed by atoms with Crippen LogP contribution in [0.1, 0.15) is 26.7 Å². The summed E-state index contributed by atoms with van der Waals surface area (Å²) in [5.41, 5.74) is 0. The SMILES string of the molecule is CO[C@H]1COC(=O)CC=C[C@H](C)[C@@H](OC)COC(=O)CC=C[C@@H]1C. The quantitative estimate of drug-likeness (QED) is 0.567. The molecule has 24 heavy (non-hydrogen) atoms. The van der Waals surface area contributed by atoms with Gasteiger partial charge in [-0.15, -0.1) is 0 Å². The van der Waals surface area contributed by atoms with Gasteiger partial charge in [0.15, 0.2) is 0 Å². The second-order valence-electron chi connectivity index (χ2n) is 5.90. The maximum absolute atomic E-state index is 11.8. The summed E-state index contributed by atoms with van der Waals surface area (Å²) in [7, 11) is 3.14. The number of carbonyl (C=O) groups is 2. The first kappa shape index (κ1) is 20.4. The lowest BCUT2D eigenvalue weighted by atomic mass is 10.0. The van der Waals surface area contributed by atoms with Crippen molar-refractivity contribution >= 4 is 11.9 Å². The van der Waals surface area contributed by atoms with E-state index in [9.17, 15) is 9.59 Å².